The van der Waals surface area contributed by atoms with Crippen LogP contribution in [-0.4, -0.2) is 42.1 Å². The lowest BCUT2D eigenvalue weighted by atomic mass is 10.0. The molecule has 2 aliphatic heterocycles. The van der Waals surface area contributed by atoms with Crippen LogP contribution in [0.25, 0.3) is 0 Å². The number of azo groups is 1. The molecule has 0 N–H and O–H groups in total. The Morgan fingerprint density at radius 2 is 2.14 bits per heavy atom. The minimum Gasteiger partial charge on any atom is -0.370 e. The van der Waals surface area contributed by atoms with Crippen molar-refractivity contribution in [2.24, 2.45) is 15.2 Å². The smallest absolute Gasteiger partial charge is 0.221 e. The highest BCUT2D eigenvalue weighted by Gasteiger charge is 2.27. The lowest BCUT2D eigenvalue weighted by molar-refractivity contribution is -0.187. The van der Waals surface area contributed by atoms with E-state index in [4.69, 9.17) is 17.5 Å². The lowest BCUT2D eigenvalue weighted by Gasteiger charge is -2.37. The van der Waals surface area contributed by atoms with Crippen LogP contribution < -0.4 is 4.90 Å². The second-order valence-corrected chi connectivity index (χ2v) is 8.67. The average Bonchev–Trinajstić information content (AvgIpc) is 3.13. The summed E-state index contributed by atoms with van der Waals surface area (Å²) in [5.74, 6) is 2.17. The molecule has 1 aromatic carbocycles. The molecule has 2 aliphatic rings. The number of anilines is 1. The molecule has 0 radical (unpaired) electrons. The Balaban J connectivity index is 1.65. The Bertz CT molecular complexity index is 955. The first-order valence-electron chi connectivity index (χ1n) is 9.58. The van der Waals surface area contributed by atoms with Crippen LogP contribution in [0, 0.1) is 0 Å². The highest BCUT2D eigenvalue weighted by Crippen LogP contribution is 2.47. The molecule has 0 fully saturated rings. The molecule has 0 spiro atoms. The van der Waals surface area contributed by atoms with Gasteiger partial charge in [-0.1, -0.05) is 0 Å². The summed E-state index contributed by atoms with van der Waals surface area (Å²) in [4.78, 5) is 18.0. The number of thioether (sulfide) groups is 1. The fourth-order valence-electron chi connectivity index (χ4n) is 3.60. The third-order valence-electron chi connectivity index (χ3n) is 4.86. The van der Waals surface area contributed by atoms with Gasteiger partial charge in [0.25, 0.3) is 0 Å². The van der Waals surface area contributed by atoms with Gasteiger partial charge in [0, 0.05) is 40.7 Å². The Kier molecular flexibility index (Phi) is 6.12. The minimum atomic E-state index is 0.115. The van der Waals surface area contributed by atoms with Crippen molar-refractivity contribution in [1.82, 2.24) is 9.78 Å². The van der Waals surface area contributed by atoms with Gasteiger partial charge in [-0.15, -0.1) is 39.7 Å². The van der Waals surface area contributed by atoms with Gasteiger partial charge in [0.15, 0.2) is 11.6 Å². The molecule has 2 aromatic rings. The molecular formula is C19H24N6O2S2. The number of rotatable bonds is 6. The normalized spacial score (nSPS) is 16.2. The van der Waals surface area contributed by atoms with E-state index in [-0.39, 0.29) is 6.04 Å². The summed E-state index contributed by atoms with van der Waals surface area (Å²) >= 11 is 6.64. The summed E-state index contributed by atoms with van der Waals surface area (Å²) in [5, 5.41) is 13.3. The van der Waals surface area contributed by atoms with E-state index in [1.807, 2.05) is 25.6 Å². The molecule has 0 amide bonds. The van der Waals surface area contributed by atoms with E-state index >= 15 is 0 Å². The van der Waals surface area contributed by atoms with Crippen molar-refractivity contribution in [1.29, 1.82) is 0 Å². The Morgan fingerprint density at radius 1 is 1.28 bits per heavy atom. The van der Waals surface area contributed by atoms with Crippen LogP contribution in [0.5, 0.6) is 0 Å². The fourth-order valence-corrected chi connectivity index (χ4v) is 5.16. The van der Waals surface area contributed by atoms with E-state index in [9.17, 15) is 0 Å². The Morgan fingerprint density at radius 3 is 2.93 bits per heavy atom. The predicted octanol–water partition coefficient (Wildman–Crippen LogP) is 5.26. The Hall–Kier alpha value is -2.04. The molecule has 0 saturated heterocycles. The van der Waals surface area contributed by atoms with Crippen molar-refractivity contribution in [3.05, 3.63) is 17.7 Å². The molecule has 0 unspecified atom stereocenters. The van der Waals surface area contributed by atoms with Gasteiger partial charge in [0.1, 0.15) is 5.69 Å². The van der Waals surface area contributed by atoms with Gasteiger partial charge in [0.05, 0.1) is 12.8 Å². The van der Waals surface area contributed by atoms with Crippen molar-refractivity contribution in [3.63, 3.8) is 0 Å². The van der Waals surface area contributed by atoms with E-state index in [1.165, 1.54) is 36.1 Å². The van der Waals surface area contributed by atoms with Crippen molar-refractivity contribution in [3.8, 4) is 0 Å². The number of benzene rings is 1. The first kappa shape index (κ1) is 20.2. The standard InChI is InChI=1S/C19H24N6O2S2/c1-12(2)25-16(20-11-27-26-3)10-15(23-25)22-21-14-9-13-5-4-6-24-7-8-29-19(17(13)24)18(14)28/h9-12,28H,4-8H2,1-3H3/b20-11+,22-21?. The zero-order chi connectivity index (χ0) is 20.4. The van der Waals surface area contributed by atoms with Gasteiger partial charge in [-0.25, -0.2) is 4.68 Å². The van der Waals surface area contributed by atoms with Gasteiger partial charge in [-0.05, 0) is 38.3 Å². The summed E-state index contributed by atoms with van der Waals surface area (Å²) in [6.45, 7) is 6.26. The number of aliphatic imine (C=N–C) groups is 1. The van der Waals surface area contributed by atoms with Crippen LogP contribution in [0.4, 0.5) is 23.0 Å². The summed E-state index contributed by atoms with van der Waals surface area (Å²) < 4.78 is 1.76. The molecule has 1 aromatic heterocycles. The third-order valence-corrected chi connectivity index (χ3v) is 6.54. The number of hydrogen-bond acceptors (Lipinski definition) is 9. The van der Waals surface area contributed by atoms with Crippen LogP contribution in [0.3, 0.4) is 0 Å². The molecule has 0 saturated carbocycles. The second kappa shape index (κ2) is 8.76. The molecule has 4 rings (SSSR count). The van der Waals surface area contributed by atoms with Crippen LogP contribution in [0.15, 0.2) is 37.1 Å². The fraction of sp³-hybridized carbons (Fsp3) is 0.474. The van der Waals surface area contributed by atoms with Gasteiger partial charge in [0.2, 0.25) is 6.40 Å². The second-order valence-electron chi connectivity index (χ2n) is 7.12. The van der Waals surface area contributed by atoms with Crippen LogP contribution >= 0.6 is 24.4 Å². The molecule has 0 bridgehead atoms. The maximum atomic E-state index is 4.78. The summed E-state index contributed by atoms with van der Waals surface area (Å²) in [6.07, 6.45) is 3.46. The highest BCUT2D eigenvalue weighted by atomic mass is 32.2. The molecule has 3 heterocycles. The largest absolute Gasteiger partial charge is 0.370 e. The zero-order valence-corrected chi connectivity index (χ0v) is 18.4. The molecule has 29 heavy (non-hydrogen) atoms. The molecule has 154 valence electrons. The topological polar surface area (TPSA) is 76.6 Å². The maximum Gasteiger partial charge on any atom is 0.221 e. The average molecular weight is 433 g/mol. The zero-order valence-electron chi connectivity index (χ0n) is 16.7. The van der Waals surface area contributed by atoms with Gasteiger partial charge in [-0.3, -0.25) is 0 Å². The van der Waals surface area contributed by atoms with Crippen LogP contribution in [0.1, 0.15) is 31.9 Å². The molecule has 10 heteroatoms. The summed E-state index contributed by atoms with van der Waals surface area (Å²) in [5.41, 5.74) is 3.46. The van der Waals surface area contributed by atoms with Crippen LogP contribution in [0.2, 0.25) is 0 Å². The SMILES string of the molecule is COO/C=N/c1cc(N=Nc2cc3c4c(c2S)SCCN4CCC3)nn1C(C)C. The van der Waals surface area contributed by atoms with Gasteiger partial charge < -0.3 is 9.79 Å². The first-order chi connectivity index (χ1) is 14.1. The number of aryl methyl sites for hydroxylation is 1. The van der Waals surface area contributed by atoms with E-state index in [0.717, 1.165) is 35.8 Å². The first-order valence-corrected chi connectivity index (χ1v) is 11.0. The quantitative estimate of drug-likeness (QED) is 0.168. The molecule has 0 aliphatic carbocycles. The van der Waals surface area contributed by atoms with E-state index < -0.39 is 0 Å². The van der Waals surface area contributed by atoms with Crippen LogP contribution in [-0.2, 0) is 16.2 Å². The van der Waals surface area contributed by atoms with Crippen molar-refractivity contribution >= 4 is 53.8 Å². The third kappa shape index (κ3) is 4.15. The van der Waals surface area contributed by atoms with Gasteiger partial charge >= 0.3 is 0 Å². The summed E-state index contributed by atoms with van der Waals surface area (Å²) in [6, 6.07) is 3.99. The number of hydrogen-bond donors (Lipinski definition) is 1. The lowest BCUT2D eigenvalue weighted by Crippen LogP contribution is -2.34. The number of thiol groups is 1. The van der Waals surface area contributed by atoms with Crippen molar-refractivity contribution in [2.75, 3.05) is 30.9 Å². The van der Waals surface area contributed by atoms with E-state index in [1.54, 1.807) is 10.7 Å². The predicted molar refractivity (Wildman–Crippen MR) is 118 cm³/mol. The van der Waals surface area contributed by atoms with Crippen molar-refractivity contribution in [2.45, 2.75) is 42.5 Å². The van der Waals surface area contributed by atoms with Crippen molar-refractivity contribution < 1.29 is 9.78 Å². The van der Waals surface area contributed by atoms with E-state index in [0.29, 0.717) is 11.6 Å². The monoisotopic (exact) mass is 432 g/mol. The van der Waals surface area contributed by atoms with E-state index in [2.05, 4.69) is 36.2 Å². The molecule has 0 atom stereocenters. The Labute approximate surface area is 179 Å². The maximum absolute atomic E-state index is 4.78. The number of nitrogens with zero attached hydrogens (tertiary/aromatic N) is 6. The molecule has 8 nitrogen and oxygen atoms in total. The summed E-state index contributed by atoms with van der Waals surface area (Å²) in [7, 11) is 1.42. The number of aromatic nitrogens is 2. The minimum absolute atomic E-state index is 0.115. The van der Waals surface area contributed by atoms with Gasteiger partial charge in [-0.2, -0.15) is 9.88 Å². The molecular weight excluding hydrogens is 408 g/mol. The highest BCUT2D eigenvalue weighted by molar-refractivity contribution is 8.00.